The van der Waals surface area contributed by atoms with E-state index in [1.54, 1.807) is 0 Å². The Morgan fingerprint density at radius 3 is 2.57 bits per heavy atom. The minimum atomic E-state index is 0.621. The van der Waals surface area contributed by atoms with Crippen molar-refractivity contribution >= 4 is 17.7 Å². The molecule has 3 rings (SSSR count). The van der Waals surface area contributed by atoms with E-state index in [2.05, 4.69) is 36.2 Å². The second kappa shape index (κ2) is 7.53. The normalized spacial score (nSPS) is 13.7. The highest BCUT2D eigenvalue weighted by Crippen LogP contribution is 2.31. The SMILES string of the molecule is CN(C/C=C/c1ccc(Cl)cc1)Cc1ccc2c(c1)OCCO2. The summed E-state index contributed by atoms with van der Waals surface area (Å²) in [5.41, 5.74) is 2.37. The number of nitrogens with zero attached hydrogens (tertiary/aromatic N) is 1. The highest BCUT2D eigenvalue weighted by molar-refractivity contribution is 6.30. The van der Waals surface area contributed by atoms with Crippen molar-refractivity contribution in [3.05, 3.63) is 64.7 Å². The number of fused-ring (bicyclic) bond motifs is 1. The summed E-state index contributed by atoms with van der Waals surface area (Å²) < 4.78 is 11.2. The number of halogens is 1. The quantitative estimate of drug-likeness (QED) is 0.818. The molecular weight excluding hydrogens is 310 g/mol. The lowest BCUT2D eigenvalue weighted by Gasteiger charge is -2.20. The fraction of sp³-hybridized carbons (Fsp3) is 0.263. The van der Waals surface area contributed by atoms with Gasteiger partial charge >= 0.3 is 0 Å². The van der Waals surface area contributed by atoms with Crippen LogP contribution in [-0.4, -0.2) is 31.7 Å². The maximum atomic E-state index is 5.89. The van der Waals surface area contributed by atoms with Crippen LogP contribution in [0.2, 0.25) is 5.02 Å². The van der Waals surface area contributed by atoms with Crippen molar-refractivity contribution < 1.29 is 9.47 Å². The summed E-state index contributed by atoms with van der Waals surface area (Å²) in [6.45, 7) is 2.98. The van der Waals surface area contributed by atoms with Crippen molar-refractivity contribution in [2.24, 2.45) is 0 Å². The van der Waals surface area contributed by atoms with Gasteiger partial charge in [0.05, 0.1) is 0 Å². The van der Waals surface area contributed by atoms with E-state index < -0.39 is 0 Å². The molecule has 2 aromatic rings. The van der Waals surface area contributed by atoms with Gasteiger partial charge in [0.1, 0.15) is 13.2 Å². The van der Waals surface area contributed by atoms with E-state index in [0.29, 0.717) is 13.2 Å². The zero-order valence-corrected chi connectivity index (χ0v) is 13.9. The summed E-state index contributed by atoms with van der Waals surface area (Å²) in [6, 6.07) is 14.0. The van der Waals surface area contributed by atoms with Crippen molar-refractivity contribution in [2.45, 2.75) is 6.54 Å². The molecule has 0 saturated heterocycles. The first-order valence-corrected chi connectivity index (χ1v) is 8.08. The second-order valence-corrected chi connectivity index (χ2v) is 6.07. The Labute approximate surface area is 142 Å². The maximum absolute atomic E-state index is 5.89. The topological polar surface area (TPSA) is 21.7 Å². The largest absolute Gasteiger partial charge is 0.486 e. The number of benzene rings is 2. The Morgan fingerprint density at radius 1 is 1.04 bits per heavy atom. The summed E-state index contributed by atoms with van der Waals surface area (Å²) in [6.07, 6.45) is 4.26. The van der Waals surface area contributed by atoms with Crippen molar-refractivity contribution in [1.82, 2.24) is 4.90 Å². The first-order valence-electron chi connectivity index (χ1n) is 7.70. The molecule has 0 aliphatic carbocycles. The van der Waals surface area contributed by atoms with E-state index in [-0.39, 0.29) is 0 Å². The Bertz CT molecular complexity index is 682. The molecule has 0 atom stereocenters. The molecule has 0 unspecified atom stereocenters. The number of ether oxygens (including phenoxy) is 2. The monoisotopic (exact) mass is 329 g/mol. The van der Waals surface area contributed by atoms with E-state index in [9.17, 15) is 0 Å². The predicted octanol–water partition coefficient (Wildman–Crippen LogP) is 4.26. The third kappa shape index (κ3) is 4.50. The molecule has 1 aliphatic heterocycles. The van der Waals surface area contributed by atoms with Gasteiger partial charge in [-0.05, 0) is 42.4 Å². The van der Waals surface area contributed by atoms with Gasteiger partial charge in [-0.1, -0.05) is 42.0 Å². The first-order chi connectivity index (χ1) is 11.2. The van der Waals surface area contributed by atoms with Gasteiger partial charge in [-0.15, -0.1) is 0 Å². The Morgan fingerprint density at radius 2 is 1.78 bits per heavy atom. The zero-order valence-electron chi connectivity index (χ0n) is 13.2. The van der Waals surface area contributed by atoms with Crippen LogP contribution in [0.1, 0.15) is 11.1 Å². The minimum Gasteiger partial charge on any atom is -0.486 e. The average molecular weight is 330 g/mol. The van der Waals surface area contributed by atoms with Gasteiger partial charge in [-0.25, -0.2) is 0 Å². The van der Waals surface area contributed by atoms with Crippen LogP contribution >= 0.6 is 11.6 Å². The molecule has 1 heterocycles. The fourth-order valence-electron chi connectivity index (χ4n) is 2.50. The van der Waals surface area contributed by atoms with Gasteiger partial charge in [0.25, 0.3) is 0 Å². The van der Waals surface area contributed by atoms with Crippen LogP contribution in [-0.2, 0) is 6.54 Å². The number of rotatable bonds is 5. The summed E-state index contributed by atoms with van der Waals surface area (Å²) in [5.74, 6) is 1.68. The van der Waals surface area contributed by atoms with E-state index in [4.69, 9.17) is 21.1 Å². The van der Waals surface area contributed by atoms with Crippen molar-refractivity contribution in [1.29, 1.82) is 0 Å². The summed E-state index contributed by atoms with van der Waals surface area (Å²) in [5, 5.41) is 0.762. The van der Waals surface area contributed by atoms with Crippen LogP contribution in [0.4, 0.5) is 0 Å². The van der Waals surface area contributed by atoms with Crippen LogP contribution in [0.3, 0.4) is 0 Å². The highest BCUT2D eigenvalue weighted by atomic mass is 35.5. The third-order valence-corrected chi connectivity index (χ3v) is 3.91. The van der Waals surface area contributed by atoms with Gasteiger partial charge in [0.2, 0.25) is 0 Å². The molecule has 0 radical (unpaired) electrons. The molecule has 2 aromatic carbocycles. The van der Waals surface area contributed by atoms with Gasteiger partial charge in [0, 0.05) is 18.1 Å². The van der Waals surface area contributed by atoms with Crippen LogP contribution < -0.4 is 9.47 Å². The van der Waals surface area contributed by atoms with Crippen LogP contribution in [0.5, 0.6) is 11.5 Å². The predicted molar refractivity (Wildman–Crippen MR) is 94.3 cm³/mol. The Kier molecular flexibility index (Phi) is 5.21. The van der Waals surface area contributed by atoms with E-state index >= 15 is 0 Å². The zero-order chi connectivity index (χ0) is 16.1. The smallest absolute Gasteiger partial charge is 0.161 e. The van der Waals surface area contributed by atoms with Gasteiger partial charge in [-0.2, -0.15) is 0 Å². The van der Waals surface area contributed by atoms with Crippen LogP contribution in [0, 0.1) is 0 Å². The molecule has 120 valence electrons. The van der Waals surface area contributed by atoms with Crippen molar-refractivity contribution in [3.63, 3.8) is 0 Å². The molecule has 4 heteroatoms. The minimum absolute atomic E-state index is 0.621. The summed E-state index contributed by atoms with van der Waals surface area (Å²) in [7, 11) is 2.10. The molecule has 0 spiro atoms. The lowest BCUT2D eigenvalue weighted by molar-refractivity contribution is 0.171. The average Bonchev–Trinajstić information content (AvgIpc) is 2.56. The Hall–Kier alpha value is -1.97. The molecule has 0 bridgehead atoms. The lowest BCUT2D eigenvalue weighted by atomic mass is 10.1. The number of hydrogen-bond donors (Lipinski definition) is 0. The molecular formula is C19H20ClNO2. The van der Waals surface area contributed by atoms with Crippen molar-refractivity contribution in [3.8, 4) is 11.5 Å². The van der Waals surface area contributed by atoms with E-state index in [0.717, 1.165) is 35.2 Å². The molecule has 23 heavy (non-hydrogen) atoms. The van der Waals surface area contributed by atoms with Gasteiger partial charge < -0.3 is 9.47 Å². The molecule has 0 saturated carbocycles. The highest BCUT2D eigenvalue weighted by Gasteiger charge is 2.12. The third-order valence-electron chi connectivity index (χ3n) is 3.66. The van der Waals surface area contributed by atoms with Gasteiger partial charge in [-0.3, -0.25) is 4.90 Å². The molecule has 0 amide bonds. The maximum Gasteiger partial charge on any atom is 0.161 e. The van der Waals surface area contributed by atoms with Crippen LogP contribution in [0.25, 0.3) is 6.08 Å². The first kappa shape index (κ1) is 15.9. The molecule has 1 aliphatic rings. The number of likely N-dealkylation sites (N-methyl/N-ethyl adjacent to an activating group) is 1. The summed E-state index contributed by atoms with van der Waals surface area (Å²) >= 11 is 5.89. The van der Waals surface area contributed by atoms with E-state index in [1.165, 1.54) is 5.56 Å². The fourth-order valence-corrected chi connectivity index (χ4v) is 2.63. The lowest BCUT2D eigenvalue weighted by Crippen LogP contribution is -2.19. The summed E-state index contributed by atoms with van der Waals surface area (Å²) in [4.78, 5) is 2.25. The number of hydrogen-bond acceptors (Lipinski definition) is 3. The molecule has 3 nitrogen and oxygen atoms in total. The van der Waals surface area contributed by atoms with Crippen molar-refractivity contribution in [2.75, 3.05) is 26.8 Å². The van der Waals surface area contributed by atoms with Crippen LogP contribution in [0.15, 0.2) is 48.5 Å². The Balaban J connectivity index is 1.54. The second-order valence-electron chi connectivity index (χ2n) is 5.63. The van der Waals surface area contributed by atoms with E-state index in [1.807, 2.05) is 30.3 Å². The molecule has 0 N–H and O–H groups in total. The molecule has 0 aromatic heterocycles. The standard InChI is InChI=1S/C19H20ClNO2/c1-21(10-2-3-15-4-7-17(20)8-5-15)14-16-6-9-18-19(13-16)23-12-11-22-18/h2-9,13H,10-12,14H2,1H3/b3-2+. The molecule has 0 fully saturated rings. The van der Waals surface area contributed by atoms with Gasteiger partial charge in [0.15, 0.2) is 11.5 Å².